The second kappa shape index (κ2) is 6.99. The normalized spacial score (nSPS) is 10.8. The molecule has 0 atom stereocenters. The number of rotatable bonds is 6. The molecule has 0 aliphatic rings. The Kier molecular flexibility index (Phi) is 5.05. The van der Waals surface area contributed by atoms with Gasteiger partial charge in [-0.2, -0.15) is 0 Å². The van der Waals surface area contributed by atoms with E-state index in [1.165, 1.54) is 12.0 Å². The maximum Gasteiger partial charge on any atom is 0.142 e. The van der Waals surface area contributed by atoms with Gasteiger partial charge in [-0.25, -0.2) is 0 Å². The van der Waals surface area contributed by atoms with Gasteiger partial charge in [0.25, 0.3) is 0 Å². The lowest BCUT2D eigenvalue weighted by Gasteiger charge is -2.11. The van der Waals surface area contributed by atoms with Crippen molar-refractivity contribution in [2.75, 3.05) is 5.73 Å². The summed E-state index contributed by atoms with van der Waals surface area (Å²) >= 11 is 0. The third-order valence-corrected chi connectivity index (χ3v) is 3.32. The molecule has 0 bridgehead atoms. The number of nitrogens with two attached hydrogens (primary N) is 1. The minimum Gasteiger partial charge on any atom is -0.487 e. The molecule has 0 amide bonds. The van der Waals surface area contributed by atoms with E-state index in [0.29, 0.717) is 12.5 Å². The molecule has 0 spiro atoms. The van der Waals surface area contributed by atoms with Gasteiger partial charge in [0.05, 0.1) is 5.69 Å². The van der Waals surface area contributed by atoms with Crippen LogP contribution in [0.25, 0.3) is 0 Å². The van der Waals surface area contributed by atoms with Crippen molar-refractivity contribution >= 4 is 5.69 Å². The van der Waals surface area contributed by atoms with Gasteiger partial charge in [0.15, 0.2) is 0 Å². The Bertz CT molecular complexity index is 534. The minimum absolute atomic E-state index is 0.552. The lowest BCUT2D eigenvalue weighted by Crippen LogP contribution is -2.00. The molecule has 0 aromatic heterocycles. The SMILES string of the molecule is CC(C)CCc1ccc(OCc2ccccc2)c(N)c1. The Morgan fingerprint density at radius 2 is 1.75 bits per heavy atom. The number of aryl methyl sites for hydroxylation is 1. The van der Waals surface area contributed by atoms with Crippen LogP contribution in [-0.4, -0.2) is 0 Å². The van der Waals surface area contributed by atoms with Gasteiger partial charge in [-0.15, -0.1) is 0 Å². The quantitative estimate of drug-likeness (QED) is 0.787. The van der Waals surface area contributed by atoms with Crippen LogP contribution < -0.4 is 10.5 Å². The molecule has 2 nitrogen and oxygen atoms in total. The van der Waals surface area contributed by atoms with Gasteiger partial charge in [-0.05, 0) is 42.0 Å². The molecule has 106 valence electrons. The van der Waals surface area contributed by atoms with Gasteiger partial charge in [-0.1, -0.05) is 50.2 Å². The van der Waals surface area contributed by atoms with Crippen LogP contribution in [0, 0.1) is 5.92 Å². The van der Waals surface area contributed by atoms with Crippen LogP contribution >= 0.6 is 0 Å². The first-order chi connectivity index (χ1) is 9.65. The second-order valence-electron chi connectivity index (χ2n) is 5.58. The standard InChI is InChI=1S/C18H23NO/c1-14(2)8-9-15-10-11-18(17(19)12-15)20-13-16-6-4-3-5-7-16/h3-7,10-12,14H,8-9,13,19H2,1-2H3. The van der Waals surface area contributed by atoms with Crippen LogP contribution in [0.1, 0.15) is 31.4 Å². The van der Waals surface area contributed by atoms with Crippen LogP contribution in [0.3, 0.4) is 0 Å². The molecule has 0 aliphatic heterocycles. The zero-order valence-corrected chi connectivity index (χ0v) is 12.3. The number of hydrogen-bond donors (Lipinski definition) is 1. The number of nitrogen functional groups attached to an aromatic ring is 1. The van der Waals surface area contributed by atoms with Crippen LogP contribution in [0.15, 0.2) is 48.5 Å². The minimum atomic E-state index is 0.552. The Labute approximate surface area is 121 Å². The van der Waals surface area contributed by atoms with E-state index in [4.69, 9.17) is 10.5 Å². The van der Waals surface area contributed by atoms with Gasteiger partial charge in [0, 0.05) is 0 Å². The van der Waals surface area contributed by atoms with E-state index in [1.54, 1.807) is 0 Å². The van der Waals surface area contributed by atoms with E-state index in [9.17, 15) is 0 Å². The third-order valence-electron chi connectivity index (χ3n) is 3.32. The Balaban J connectivity index is 1.95. The molecule has 0 aliphatic carbocycles. The summed E-state index contributed by atoms with van der Waals surface area (Å²) in [5.74, 6) is 1.48. The summed E-state index contributed by atoms with van der Waals surface area (Å²) in [6.45, 7) is 5.03. The largest absolute Gasteiger partial charge is 0.487 e. The van der Waals surface area contributed by atoms with E-state index < -0.39 is 0 Å². The number of hydrogen-bond acceptors (Lipinski definition) is 2. The van der Waals surface area contributed by atoms with Crippen molar-refractivity contribution in [3.63, 3.8) is 0 Å². The van der Waals surface area contributed by atoms with E-state index in [2.05, 4.69) is 19.9 Å². The molecule has 0 heterocycles. The van der Waals surface area contributed by atoms with Crippen molar-refractivity contribution in [3.05, 3.63) is 59.7 Å². The smallest absolute Gasteiger partial charge is 0.142 e. The fourth-order valence-electron chi connectivity index (χ4n) is 2.08. The molecule has 2 aromatic rings. The molecule has 0 radical (unpaired) electrons. The van der Waals surface area contributed by atoms with Crippen molar-refractivity contribution in [2.45, 2.75) is 33.3 Å². The first kappa shape index (κ1) is 14.4. The highest BCUT2D eigenvalue weighted by Crippen LogP contribution is 2.24. The number of ether oxygens (including phenoxy) is 1. The van der Waals surface area contributed by atoms with Crippen molar-refractivity contribution < 1.29 is 4.74 Å². The van der Waals surface area contributed by atoms with Crippen LogP contribution in [0.5, 0.6) is 5.75 Å². The first-order valence-corrected chi connectivity index (χ1v) is 7.20. The second-order valence-corrected chi connectivity index (χ2v) is 5.58. The lowest BCUT2D eigenvalue weighted by atomic mass is 10.0. The lowest BCUT2D eigenvalue weighted by molar-refractivity contribution is 0.308. The monoisotopic (exact) mass is 269 g/mol. The Morgan fingerprint density at radius 3 is 2.40 bits per heavy atom. The van der Waals surface area contributed by atoms with Gasteiger partial charge < -0.3 is 10.5 Å². The average Bonchev–Trinajstić information content (AvgIpc) is 2.45. The highest BCUT2D eigenvalue weighted by atomic mass is 16.5. The van der Waals surface area contributed by atoms with Crippen LogP contribution in [0.2, 0.25) is 0 Å². The van der Waals surface area contributed by atoms with E-state index >= 15 is 0 Å². The predicted molar refractivity (Wildman–Crippen MR) is 84.8 cm³/mol. The van der Waals surface area contributed by atoms with Gasteiger partial charge in [-0.3, -0.25) is 0 Å². The van der Waals surface area contributed by atoms with Crippen molar-refractivity contribution in [2.24, 2.45) is 5.92 Å². The van der Waals surface area contributed by atoms with E-state index in [0.717, 1.165) is 23.4 Å². The summed E-state index contributed by atoms with van der Waals surface area (Å²) in [7, 11) is 0. The molecule has 0 saturated carbocycles. The zero-order chi connectivity index (χ0) is 14.4. The molecule has 0 saturated heterocycles. The topological polar surface area (TPSA) is 35.2 Å². The average molecular weight is 269 g/mol. The van der Waals surface area contributed by atoms with E-state index in [-0.39, 0.29) is 0 Å². The summed E-state index contributed by atoms with van der Waals surface area (Å²) < 4.78 is 5.78. The molecule has 2 N–H and O–H groups in total. The van der Waals surface area contributed by atoms with Gasteiger partial charge in [0.2, 0.25) is 0 Å². The molecule has 2 heteroatoms. The van der Waals surface area contributed by atoms with Crippen LogP contribution in [-0.2, 0) is 13.0 Å². The molecular weight excluding hydrogens is 246 g/mol. The van der Waals surface area contributed by atoms with Crippen LogP contribution in [0.4, 0.5) is 5.69 Å². The fourth-order valence-corrected chi connectivity index (χ4v) is 2.08. The number of benzene rings is 2. The number of anilines is 1. The summed E-state index contributed by atoms with van der Waals surface area (Å²) in [6, 6.07) is 16.2. The molecule has 2 rings (SSSR count). The summed E-state index contributed by atoms with van der Waals surface area (Å²) in [4.78, 5) is 0. The third kappa shape index (κ3) is 4.30. The molecule has 20 heavy (non-hydrogen) atoms. The zero-order valence-electron chi connectivity index (χ0n) is 12.3. The molecule has 2 aromatic carbocycles. The predicted octanol–water partition coefficient (Wildman–Crippen LogP) is 4.44. The van der Waals surface area contributed by atoms with Gasteiger partial charge in [0.1, 0.15) is 12.4 Å². The maximum absolute atomic E-state index is 6.07. The van der Waals surface area contributed by atoms with Crippen molar-refractivity contribution in [1.29, 1.82) is 0 Å². The van der Waals surface area contributed by atoms with E-state index in [1.807, 2.05) is 42.5 Å². The van der Waals surface area contributed by atoms with Gasteiger partial charge >= 0.3 is 0 Å². The fraction of sp³-hybridized carbons (Fsp3) is 0.333. The summed E-state index contributed by atoms with van der Waals surface area (Å²) in [6.07, 6.45) is 2.25. The Hall–Kier alpha value is -1.96. The molecular formula is C18H23NO. The van der Waals surface area contributed by atoms with Crippen molar-refractivity contribution in [3.8, 4) is 5.75 Å². The highest BCUT2D eigenvalue weighted by Gasteiger charge is 2.04. The molecule has 0 fully saturated rings. The highest BCUT2D eigenvalue weighted by molar-refractivity contribution is 5.54. The first-order valence-electron chi connectivity index (χ1n) is 7.20. The molecule has 0 unspecified atom stereocenters. The Morgan fingerprint density at radius 1 is 1.00 bits per heavy atom. The summed E-state index contributed by atoms with van der Waals surface area (Å²) in [5, 5.41) is 0. The summed E-state index contributed by atoms with van der Waals surface area (Å²) in [5.41, 5.74) is 9.22. The van der Waals surface area contributed by atoms with Crippen molar-refractivity contribution in [1.82, 2.24) is 0 Å². The maximum atomic E-state index is 6.07.